The van der Waals surface area contributed by atoms with Crippen molar-refractivity contribution in [3.8, 4) is 5.75 Å². The Hall–Kier alpha value is -1.10. The first-order valence-corrected chi connectivity index (χ1v) is 7.68. The Morgan fingerprint density at radius 1 is 1.10 bits per heavy atom. The van der Waals surface area contributed by atoms with E-state index in [1.165, 1.54) is 44.8 Å². The second kappa shape index (κ2) is 6.57. The molecule has 0 atom stereocenters. The van der Waals surface area contributed by atoms with Crippen LogP contribution in [0.4, 0.5) is 0 Å². The van der Waals surface area contributed by atoms with E-state index in [1.807, 2.05) is 0 Å². The minimum absolute atomic E-state index is 0.786. The lowest BCUT2D eigenvalue weighted by Gasteiger charge is -2.43. The fraction of sp³-hybridized carbons (Fsp3) is 0.625. The van der Waals surface area contributed by atoms with Gasteiger partial charge < -0.3 is 10.1 Å². The van der Waals surface area contributed by atoms with Gasteiger partial charge in [0.15, 0.2) is 0 Å². The summed E-state index contributed by atoms with van der Waals surface area (Å²) < 4.78 is 5.81. The SMILES string of the molecule is Cc1ccc(OCCN2CCN(C3CNC3)CC2)cc1. The van der Waals surface area contributed by atoms with Crippen LogP contribution in [0.2, 0.25) is 0 Å². The second-order valence-electron chi connectivity index (χ2n) is 5.85. The van der Waals surface area contributed by atoms with Crippen LogP contribution in [0.15, 0.2) is 24.3 Å². The summed E-state index contributed by atoms with van der Waals surface area (Å²) in [7, 11) is 0. The van der Waals surface area contributed by atoms with E-state index in [0.717, 1.165) is 24.9 Å². The number of nitrogens with one attached hydrogen (secondary N) is 1. The van der Waals surface area contributed by atoms with Crippen LogP contribution in [-0.4, -0.2) is 68.3 Å². The normalized spacial score (nSPS) is 21.6. The van der Waals surface area contributed by atoms with Crippen molar-refractivity contribution in [2.24, 2.45) is 0 Å². The summed E-state index contributed by atoms with van der Waals surface area (Å²) in [6.45, 7) is 11.0. The molecule has 110 valence electrons. The quantitative estimate of drug-likeness (QED) is 0.866. The highest BCUT2D eigenvalue weighted by molar-refractivity contribution is 5.26. The van der Waals surface area contributed by atoms with E-state index in [0.29, 0.717) is 0 Å². The maximum Gasteiger partial charge on any atom is 0.119 e. The van der Waals surface area contributed by atoms with Gasteiger partial charge in [0.05, 0.1) is 0 Å². The molecule has 1 aromatic carbocycles. The van der Waals surface area contributed by atoms with Crippen molar-refractivity contribution in [2.45, 2.75) is 13.0 Å². The van der Waals surface area contributed by atoms with Crippen LogP contribution in [0.5, 0.6) is 5.75 Å². The molecule has 3 rings (SSSR count). The van der Waals surface area contributed by atoms with Crippen molar-refractivity contribution in [1.82, 2.24) is 15.1 Å². The summed E-state index contributed by atoms with van der Waals surface area (Å²) in [5, 5.41) is 3.35. The van der Waals surface area contributed by atoms with Gasteiger partial charge in [0, 0.05) is 51.9 Å². The van der Waals surface area contributed by atoms with Gasteiger partial charge >= 0.3 is 0 Å². The van der Waals surface area contributed by atoms with Crippen LogP contribution in [0.25, 0.3) is 0 Å². The Kier molecular flexibility index (Phi) is 4.55. The Morgan fingerprint density at radius 2 is 1.80 bits per heavy atom. The van der Waals surface area contributed by atoms with Gasteiger partial charge in [-0.05, 0) is 19.1 Å². The van der Waals surface area contributed by atoms with E-state index in [4.69, 9.17) is 4.74 Å². The van der Waals surface area contributed by atoms with E-state index in [9.17, 15) is 0 Å². The van der Waals surface area contributed by atoms with Gasteiger partial charge in [-0.15, -0.1) is 0 Å². The molecule has 0 spiro atoms. The Bertz CT molecular complexity index is 408. The smallest absolute Gasteiger partial charge is 0.119 e. The predicted octanol–water partition coefficient (Wildman–Crippen LogP) is 0.963. The molecule has 1 N–H and O–H groups in total. The van der Waals surface area contributed by atoms with Gasteiger partial charge in [-0.3, -0.25) is 9.80 Å². The maximum absolute atomic E-state index is 5.81. The van der Waals surface area contributed by atoms with E-state index >= 15 is 0 Å². The van der Waals surface area contributed by atoms with Crippen molar-refractivity contribution in [3.63, 3.8) is 0 Å². The lowest BCUT2D eigenvalue weighted by molar-refractivity contribution is 0.0663. The van der Waals surface area contributed by atoms with Gasteiger partial charge in [0.2, 0.25) is 0 Å². The molecule has 0 aliphatic carbocycles. The van der Waals surface area contributed by atoms with Crippen molar-refractivity contribution < 1.29 is 4.74 Å². The molecule has 0 aromatic heterocycles. The molecule has 2 aliphatic rings. The van der Waals surface area contributed by atoms with Gasteiger partial charge in [0.1, 0.15) is 12.4 Å². The van der Waals surface area contributed by atoms with Crippen molar-refractivity contribution >= 4 is 0 Å². The lowest BCUT2D eigenvalue weighted by atomic mass is 10.1. The molecule has 4 heteroatoms. The molecule has 2 heterocycles. The van der Waals surface area contributed by atoms with Gasteiger partial charge in [-0.2, -0.15) is 0 Å². The second-order valence-corrected chi connectivity index (χ2v) is 5.85. The first-order chi connectivity index (χ1) is 9.81. The summed E-state index contributed by atoms with van der Waals surface area (Å²) in [4.78, 5) is 5.13. The van der Waals surface area contributed by atoms with E-state index in [2.05, 4.69) is 46.3 Å². The van der Waals surface area contributed by atoms with Crippen LogP contribution in [0, 0.1) is 6.92 Å². The number of aryl methyl sites for hydroxylation is 1. The molecular formula is C16H25N3O. The number of hydrogen-bond donors (Lipinski definition) is 1. The van der Waals surface area contributed by atoms with E-state index in [-0.39, 0.29) is 0 Å². The molecule has 0 saturated carbocycles. The molecule has 0 bridgehead atoms. The third-order valence-electron chi connectivity index (χ3n) is 4.38. The van der Waals surface area contributed by atoms with Crippen LogP contribution in [0.1, 0.15) is 5.56 Å². The van der Waals surface area contributed by atoms with Crippen molar-refractivity contribution in [1.29, 1.82) is 0 Å². The summed E-state index contributed by atoms with van der Waals surface area (Å²) in [5.41, 5.74) is 1.28. The first kappa shape index (κ1) is 13.9. The lowest BCUT2D eigenvalue weighted by Crippen LogP contribution is -2.61. The summed E-state index contributed by atoms with van der Waals surface area (Å²) in [6, 6.07) is 9.09. The fourth-order valence-electron chi connectivity index (χ4n) is 2.81. The summed E-state index contributed by atoms with van der Waals surface area (Å²) in [6.07, 6.45) is 0. The zero-order chi connectivity index (χ0) is 13.8. The Balaban J connectivity index is 1.34. The Labute approximate surface area is 121 Å². The standard InChI is InChI=1S/C16H25N3O/c1-14-2-4-16(5-3-14)20-11-10-18-6-8-19(9-7-18)15-12-17-13-15/h2-5,15,17H,6-13H2,1H3. The minimum Gasteiger partial charge on any atom is -0.492 e. The number of ether oxygens (including phenoxy) is 1. The fourth-order valence-corrected chi connectivity index (χ4v) is 2.81. The predicted molar refractivity (Wildman–Crippen MR) is 81.3 cm³/mol. The van der Waals surface area contributed by atoms with Crippen LogP contribution >= 0.6 is 0 Å². The highest BCUT2D eigenvalue weighted by atomic mass is 16.5. The van der Waals surface area contributed by atoms with Crippen LogP contribution in [-0.2, 0) is 0 Å². The highest BCUT2D eigenvalue weighted by Gasteiger charge is 2.27. The third kappa shape index (κ3) is 3.51. The zero-order valence-electron chi connectivity index (χ0n) is 12.3. The van der Waals surface area contributed by atoms with Crippen LogP contribution < -0.4 is 10.1 Å². The zero-order valence-corrected chi connectivity index (χ0v) is 12.3. The highest BCUT2D eigenvalue weighted by Crippen LogP contribution is 2.12. The molecule has 2 saturated heterocycles. The monoisotopic (exact) mass is 275 g/mol. The average Bonchev–Trinajstić information content (AvgIpc) is 2.41. The van der Waals surface area contributed by atoms with E-state index in [1.54, 1.807) is 0 Å². The molecule has 0 unspecified atom stereocenters. The van der Waals surface area contributed by atoms with Gasteiger partial charge in [-0.1, -0.05) is 17.7 Å². The number of rotatable bonds is 5. The molecule has 2 aliphatic heterocycles. The molecule has 0 radical (unpaired) electrons. The van der Waals surface area contributed by atoms with Gasteiger partial charge in [-0.25, -0.2) is 0 Å². The number of hydrogen-bond acceptors (Lipinski definition) is 4. The molecule has 1 aromatic rings. The molecule has 20 heavy (non-hydrogen) atoms. The van der Waals surface area contributed by atoms with Crippen molar-refractivity contribution in [3.05, 3.63) is 29.8 Å². The summed E-state index contributed by atoms with van der Waals surface area (Å²) >= 11 is 0. The number of piperazine rings is 1. The number of nitrogens with zero attached hydrogens (tertiary/aromatic N) is 2. The molecule has 0 amide bonds. The van der Waals surface area contributed by atoms with Crippen molar-refractivity contribution in [2.75, 3.05) is 52.4 Å². The maximum atomic E-state index is 5.81. The average molecular weight is 275 g/mol. The topological polar surface area (TPSA) is 27.7 Å². The van der Waals surface area contributed by atoms with Crippen LogP contribution in [0.3, 0.4) is 0 Å². The van der Waals surface area contributed by atoms with E-state index < -0.39 is 0 Å². The molecule has 2 fully saturated rings. The molecular weight excluding hydrogens is 250 g/mol. The van der Waals surface area contributed by atoms with Gasteiger partial charge in [0.25, 0.3) is 0 Å². The summed E-state index contributed by atoms with van der Waals surface area (Å²) in [5.74, 6) is 0.981. The Morgan fingerprint density at radius 3 is 2.40 bits per heavy atom. The first-order valence-electron chi connectivity index (χ1n) is 7.68. The molecule has 4 nitrogen and oxygen atoms in total. The number of benzene rings is 1. The minimum atomic E-state index is 0.786. The largest absolute Gasteiger partial charge is 0.492 e. The third-order valence-corrected chi connectivity index (χ3v) is 4.38.